The summed E-state index contributed by atoms with van der Waals surface area (Å²) < 4.78 is 1.59. The average Bonchev–Trinajstić information content (AvgIpc) is 2.93. The first-order valence-corrected chi connectivity index (χ1v) is 9.04. The molecule has 1 aliphatic heterocycles. The van der Waals surface area contributed by atoms with Gasteiger partial charge in [-0.15, -0.1) is 0 Å². The summed E-state index contributed by atoms with van der Waals surface area (Å²) in [5.41, 5.74) is 7.74. The summed E-state index contributed by atoms with van der Waals surface area (Å²) in [7, 11) is 0. The van der Waals surface area contributed by atoms with Crippen LogP contribution in [-0.2, 0) is 0 Å². The van der Waals surface area contributed by atoms with Crippen LogP contribution in [0.1, 0.15) is 48.4 Å². The zero-order chi connectivity index (χ0) is 17.8. The highest BCUT2D eigenvalue weighted by molar-refractivity contribution is 6.14. The maximum atomic E-state index is 8.73. The fourth-order valence-corrected chi connectivity index (χ4v) is 3.09. The van der Waals surface area contributed by atoms with Crippen molar-refractivity contribution < 1.29 is 4.68 Å². The highest BCUT2D eigenvalue weighted by Crippen LogP contribution is 2.29. The molecule has 0 atom stereocenters. The van der Waals surface area contributed by atoms with Gasteiger partial charge < -0.3 is 5.84 Å². The molecule has 2 aromatic rings. The van der Waals surface area contributed by atoms with Crippen molar-refractivity contribution in [1.29, 1.82) is 0 Å². The monoisotopic (exact) mass is 330 g/mol. The third-order valence-electron chi connectivity index (χ3n) is 4.62. The quantitative estimate of drug-likeness (QED) is 0.458. The van der Waals surface area contributed by atoms with Crippen LogP contribution in [0.5, 0.6) is 0 Å². The van der Waals surface area contributed by atoms with E-state index >= 15 is 0 Å². The summed E-state index contributed by atoms with van der Waals surface area (Å²) >= 11 is 0. The highest BCUT2D eigenvalue weighted by Gasteiger charge is 2.27. The molecule has 0 spiro atoms. The molecule has 128 valence electrons. The number of rotatable bonds is 5. The van der Waals surface area contributed by atoms with Gasteiger partial charge in [-0.2, -0.15) is 0 Å². The zero-order valence-corrected chi connectivity index (χ0v) is 15.3. The molecule has 0 unspecified atom stereocenters. The van der Waals surface area contributed by atoms with Gasteiger partial charge in [-0.3, -0.25) is 0 Å². The Bertz CT molecular complexity index is 835. The van der Waals surface area contributed by atoms with Gasteiger partial charge in [-0.05, 0) is 44.5 Å². The molecule has 0 amide bonds. The van der Waals surface area contributed by atoms with Crippen LogP contribution in [-0.4, -0.2) is 10.4 Å². The largest absolute Gasteiger partial charge is 0.448 e. The number of nitrogens with one attached hydrogen (secondary N) is 1. The number of unbranched alkanes of at least 4 members (excludes halogenated alkanes) is 2. The predicted molar refractivity (Wildman–Crippen MR) is 107 cm³/mol. The molecule has 2 heteroatoms. The average molecular weight is 330 g/mol. The van der Waals surface area contributed by atoms with Crippen LogP contribution in [0, 0.1) is 13.8 Å². The van der Waals surface area contributed by atoms with E-state index in [2.05, 4.69) is 81.5 Å². The molecule has 2 nitrogen and oxygen atoms in total. The van der Waals surface area contributed by atoms with Gasteiger partial charge in [0.2, 0.25) is 11.4 Å². The first kappa shape index (κ1) is 17.2. The Hall–Kier alpha value is -2.61. The summed E-state index contributed by atoms with van der Waals surface area (Å²) in [5.74, 6) is 8.73. The van der Waals surface area contributed by atoms with Gasteiger partial charge in [0.05, 0.1) is 0 Å². The third-order valence-corrected chi connectivity index (χ3v) is 4.62. The summed E-state index contributed by atoms with van der Waals surface area (Å²) in [6.45, 7) is 6.39. The Morgan fingerprint density at radius 3 is 2.00 bits per heavy atom. The van der Waals surface area contributed by atoms with Gasteiger partial charge >= 0.3 is 0 Å². The molecule has 0 aromatic heterocycles. The van der Waals surface area contributed by atoms with Crippen LogP contribution in [0.4, 0.5) is 0 Å². The van der Waals surface area contributed by atoms with Gasteiger partial charge in [-0.1, -0.05) is 61.2 Å². The number of nitrogens with zero attached hydrogens (tertiary/aromatic N) is 1. The molecular weight excluding hydrogens is 304 g/mol. The first-order chi connectivity index (χ1) is 12.1. The SMILES string of the molecule is CCCCC=C1C=C(c2ccc(C)cc2)[N+]([NH-])=C1c1ccc(C)cc1. The van der Waals surface area contributed by atoms with Crippen LogP contribution in [0.3, 0.4) is 0 Å². The predicted octanol–water partition coefficient (Wildman–Crippen LogP) is 6.24. The number of hydrogen-bond acceptors (Lipinski definition) is 0. The molecule has 0 radical (unpaired) electrons. The van der Waals surface area contributed by atoms with E-state index in [9.17, 15) is 0 Å². The highest BCUT2D eigenvalue weighted by atomic mass is 15.3. The number of allylic oxidation sites excluding steroid dienone is 3. The summed E-state index contributed by atoms with van der Waals surface area (Å²) in [5, 5.41) is 0. The van der Waals surface area contributed by atoms with Crippen LogP contribution in [0.15, 0.2) is 66.3 Å². The van der Waals surface area contributed by atoms with Crippen molar-refractivity contribution in [3.63, 3.8) is 0 Å². The van der Waals surface area contributed by atoms with E-state index in [1.54, 1.807) is 4.68 Å². The topological polar surface area (TPSA) is 26.8 Å². The summed E-state index contributed by atoms with van der Waals surface area (Å²) in [6, 6.07) is 16.9. The standard InChI is InChI=1S/C23H26N2/c1-4-5-6-7-21-16-22(19-12-8-17(2)9-13-19)25(24)23(21)20-14-10-18(3)11-15-20/h7-16,24H,4-6H2,1-3H3. The fourth-order valence-electron chi connectivity index (χ4n) is 3.09. The molecule has 0 saturated heterocycles. The number of hydrogen-bond donors (Lipinski definition) is 0. The maximum Gasteiger partial charge on any atom is 0.215 e. The first-order valence-electron chi connectivity index (χ1n) is 9.04. The molecule has 3 rings (SSSR count). The minimum atomic E-state index is 0.943. The zero-order valence-electron chi connectivity index (χ0n) is 15.3. The van der Waals surface area contributed by atoms with Crippen molar-refractivity contribution in [2.75, 3.05) is 0 Å². The van der Waals surface area contributed by atoms with Crippen LogP contribution in [0.2, 0.25) is 0 Å². The van der Waals surface area contributed by atoms with Gasteiger partial charge in [0.15, 0.2) is 0 Å². The van der Waals surface area contributed by atoms with E-state index < -0.39 is 0 Å². The minimum absolute atomic E-state index is 0.943. The summed E-state index contributed by atoms with van der Waals surface area (Å²) in [6.07, 6.45) is 7.84. The lowest BCUT2D eigenvalue weighted by Gasteiger charge is -2.08. The third kappa shape index (κ3) is 3.74. The van der Waals surface area contributed by atoms with Gasteiger partial charge in [0, 0.05) is 22.8 Å². The Balaban J connectivity index is 2.06. The second kappa shape index (κ2) is 7.52. The van der Waals surface area contributed by atoms with E-state index in [1.807, 2.05) is 0 Å². The van der Waals surface area contributed by atoms with E-state index in [0.717, 1.165) is 34.5 Å². The van der Waals surface area contributed by atoms with E-state index in [4.69, 9.17) is 5.84 Å². The molecule has 1 heterocycles. The molecule has 0 saturated carbocycles. The van der Waals surface area contributed by atoms with Crippen molar-refractivity contribution in [2.24, 2.45) is 0 Å². The fraction of sp³-hybridized carbons (Fsp3) is 0.261. The molecule has 0 bridgehead atoms. The number of aryl methyl sites for hydroxylation is 2. The lowest BCUT2D eigenvalue weighted by molar-refractivity contribution is -0.347. The van der Waals surface area contributed by atoms with Crippen molar-refractivity contribution in [3.8, 4) is 0 Å². The van der Waals surface area contributed by atoms with Crippen molar-refractivity contribution >= 4 is 11.4 Å². The molecule has 1 aliphatic rings. The molecule has 2 aromatic carbocycles. The van der Waals surface area contributed by atoms with E-state index in [1.165, 1.54) is 24.0 Å². The van der Waals surface area contributed by atoms with Gasteiger partial charge in [0.25, 0.3) is 0 Å². The molecule has 0 fully saturated rings. The Morgan fingerprint density at radius 2 is 1.44 bits per heavy atom. The van der Waals surface area contributed by atoms with E-state index in [-0.39, 0.29) is 0 Å². The van der Waals surface area contributed by atoms with Crippen LogP contribution in [0.25, 0.3) is 11.5 Å². The lowest BCUT2D eigenvalue weighted by Crippen LogP contribution is -2.11. The second-order valence-corrected chi connectivity index (χ2v) is 6.75. The second-order valence-electron chi connectivity index (χ2n) is 6.75. The van der Waals surface area contributed by atoms with Gasteiger partial charge in [-0.25, -0.2) is 4.68 Å². The van der Waals surface area contributed by atoms with Crippen molar-refractivity contribution in [1.82, 2.24) is 0 Å². The van der Waals surface area contributed by atoms with Crippen molar-refractivity contribution in [3.05, 3.63) is 94.4 Å². The Labute approximate surface area is 151 Å². The normalized spacial score (nSPS) is 15.8. The van der Waals surface area contributed by atoms with Crippen LogP contribution < -0.4 is 0 Å². The Morgan fingerprint density at radius 1 is 0.880 bits per heavy atom. The van der Waals surface area contributed by atoms with Crippen molar-refractivity contribution in [2.45, 2.75) is 40.0 Å². The molecule has 1 N–H and O–H groups in total. The maximum absolute atomic E-state index is 8.73. The van der Waals surface area contributed by atoms with E-state index in [0.29, 0.717) is 0 Å². The summed E-state index contributed by atoms with van der Waals surface area (Å²) in [4.78, 5) is 0. The lowest BCUT2D eigenvalue weighted by atomic mass is 10.0. The molecular formula is C23H26N2. The smallest absolute Gasteiger partial charge is 0.215 e. The molecule has 25 heavy (non-hydrogen) atoms. The van der Waals surface area contributed by atoms with Gasteiger partial charge in [0.1, 0.15) is 0 Å². The minimum Gasteiger partial charge on any atom is -0.448 e. The van der Waals surface area contributed by atoms with Crippen LogP contribution >= 0.6 is 0 Å². The molecule has 0 aliphatic carbocycles. The Kier molecular flexibility index (Phi) is 5.18. The number of benzene rings is 2.